The van der Waals surface area contributed by atoms with E-state index in [4.69, 9.17) is 0 Å². The van der Waals surface area contributed by atoms with E-state index in [0.29, 0.717) is 10.8 Å². The summed E-state index contributed by atoms with van der Waals surface area (Å²) in [5.74, 6) is -0.0241. The van der Waals surface area contributed by atoms with Crippen LogP contribution in [-0.2, 0) is 14.8 Å². The van der Waals surface area contributed by atoms with E-state index in [1.165, 1.54) is 29.7 Å². The first-order valence-corrected chi connectivity index (χ1v) is 11.7. The number of hydrogen-bond donors (Lipinski definition) is 2. The number of thiazole rings is 1. The number of nitrogens with zero attached hydrogens (tertiary/aromatic N) is 1. The number of rotatable bonds is 8. The summed E-state index contributed by atoms with van der Waals surface area (Å²) in [4.78, 5) is 17.1. The predicted octanol–water partition coefficient (Wildman–Crippen LogP) is 5.13. The number of nitrogens with one attached hydrogen (secondary N) is 2. The largest absolute Gasteiger partial charge is 0.326 e. The van der Waals surface area contributed by atoms with Crippen LogP contribution in [0.3, 0.4) is 0 Å². The fourth-order valence-electron chi connectivity index (χ4n) is 3.35. The number of carbonyl (C=O) groups is 1. The second-order valence-electron chi connectivity index (χ2n) is 8.15. The number of hydrogen-bond acceptors (Lipinski definition) is 5. The molecule has 8 heteroatoms. The lowest BCUT2D eigenvalue weighted by Gasteiger charge is -2.36. The van der Waals surface area contributed by atoms with Gasteiger partial charge >= 0.3 is 0 Å². The lowest BCUT2D eigenvalue weighted by Crippen LogP contribution is -2.38. The molecule has 1 heterocycles. The van der Waals surface area contributed by atoms with E-state index in [2.05, 4.69) is 35.8 Å². The Bertz CT molecular complexity index is 880. The zero-order chi connectivity index (χ0) is 21.0. The van der Waals surface area contributed by atoms with E-state index >= 15 is 0 Å². The number of sulfonamides is 1. The second-order valence-corrected chi connectivity index (χ2v) is 10.7. The molecule has 2 N–H and O–H groups in total. The molecular formula is C20H29N3O3S2. The van der Waals surface area contributed by atoms with E-state index in [1.54, 1.807) is 17.5 Å². The molecule has 154 valence electrons. The fraction of sp³-hybridized carbons (Fsp3) is 0.500. The maximum Gasteiger partial charge on any atom is 0.263 e. The van der Waals surface area contributed by atoms with Crippen molar-refractivity contribution in [1.29, 1.82) is 0 Å². The lowest BCUT2D eigenvalue weighted by atomic mass is 9.70. The van der Waals surface area contributed by atoms with Gasteiger partial charge in [-0.3, -0.25) is 9.52 Å². The summed E-state index contributed by atoms with van der Waals surface area (Å²) in [6.45, 7) is 10.5. The van der Waals surface area contributed by atoms with Crippen LogP contribution in [0.1, 0.15) is 53.9 Å². The highest BCUT2D eigenvalue weighted by Gasteiger charge is 2.38. The summed E-state index contributed by atoms with van der Waals surface area (Å²) in [5.41, 5.74) is 0.163. The van der Waals surface area contributed by atoms with Crippen LogP contribution < -0.4 is 10.0 Å². The molecule has 0 aliphatic rings. The van der Waals surface area contributed by atoms with E-state index in [1.807, 2.05) is 13.8 Å². The van der Waals surface area contributed by atoms with Crippen LogP contribution in [0, 0.1) is 10.8 Å². The van der Waals surface area contributed by atoms with Gasteiger partial charge < -0.3 is 5.32 Å². The molecule has 1 aromatic heterocycles. The van der Waals surface area contributed by atoms with E-state index < -0.39 is 15.4 Å². The molecule has 28 heavy (non-hydrogen) atoms. The van der Waals surface area contributed by atoms with Gasteiger partial charge in [0.25, 0.3) is 10.0 Å². The number of carbonyl (C=O) groups excluding carboxylic acids is 1. The topological polar surface area (TPSA) is 88.2 Å². The summed E-state index contributed by atoms with van der Waals surface area (Å²) in [7, 11) is -3.71. The number of benzene rings is 1. The Morgan fingerprint density at radius 1 is 1.11 bits per heavy atom. The van der Waals surface area contributed by atoms with E-state index in [0.717, 1.165) is 19.3 Å². The smallest absolute Gasteiger partial charge is 0.263 e. The average molecular weight is 424 g/mol. The maximum atomic E-state index is 13.0. The third-order valence-corrected chi connectivity index (χ3v) is 6.95. The highest BCUT2D eigenvalue weighted by molar-refractivity contribution is 7.93. The van der Waals surface area contributed by atoms with Crippen molar-refractivity contribution in [2.45, 2.75) is 58.8 Å². The van der Waals surface area contributed by atoms with Crippen molar-refractivity contribution >= 4 is 38.1 Å². The molecule has 0 saturated heterocycles. The maximum absolute atomic E-state index is 13.0. The molecule has 0 radical (unpaired) electrons. The van der Waals surface area contributed by atoms with Gasteiger partial charge in [-0.05, 0) is 48.9 Å². The SMILES string of the molecule is CCC(CC)(CC(C)(C)C)C(=O)Nc1ccc(S(=O)(=O)Nc2nccs2)cc1. The van der Waals surface area contributed by atoms with Crippen LogP contribution in [0.5, 0.6) is 0 Å². The van der Waals surface area contributed by atoms with Crippen molar-refractivity contribution in [1.82, 2.24) is 4.98 Å². The third-order valence-electron chi connectivity index (χ3n) is 4.78. The Balaban J connectivity index is 2.15. The molecule has 0 spiro atoms. The van der Waals surface area contributed by atoms with Crippen molar-refractivity contribution in [3.8, 4) is 0 Å². The third kappa shape index (κ3) is 5.54. The van der Waals surface area contributed by atoms with Gasteiger partial charge in [-0.2, -0.15) is 0 Å². The molecule has 2 aromatic rings. The monoisotopic (exact) mass is 423 g/mol. The molecule has 2 rings (SSSR count). The summed E-state index contributed by atoms with van der Waals surface area (Å²) in [6, 6.07) is 6.19. The van der Waals surface area contributed by atoms with Crippen molar-refractivity contribution in [2.24, 2.45) is 10.8 Å². The first-order valence-electron chi connectivity index (χ1n) is 9.35. The van der Waals surface area contributed by atoms with Gasteiger partial charge in [-0.25, -0.2) is 13.4 Å². The molecule has 0 bridgehead atoms. The van der Waals surface area contributed by atoms with Gasteiger partial charge in [0.1, 0.15) is 0 Å². The number of aromatic nitrogens is 1. The van der Waals surface area contributed by atoms with Gasteiger partial charge in [0.15, 0.2) is 5.13 Å². The van der Waals surface area contributed by atoms with Crippen LogP contribution in [0.2, 0.25) is 0 Å². The fourth-order valence-corrected chi connectivity index (χ4v) is 5.13. The first kappa shape index (κ1) is 22.4. The lowest BCUT2D eigenvalue weighted by molar-refractivity contribution is -0.127. The summed E-state index contributed by atoms with van der Waals surface area (Å²) in [5, 5.41) is 4.98. The molecule has 0 atom stereocenters. The van der Waals surface area contributed by atoms with E-state index in [9.17, 15) is 13.2 Å². The normalized spacial score (nSPS) is 12.6. The van der Waals surface area contributed by atoms with Crippen LogP contribution in [0.25, 0.3) is 0 Å². The standard InChI is InChI=1S/C20H29N3O3S2/c1-6-20(7-2,14-19(3,4)5)17(24)22-15-8-10-16(11-9-15)28(25,26)23-18-21-12-13-27-18/h8-13H,6-7,14H2,1-5H3,(H,21,23)(H,22,24). The zero-order valence-corrected chi connectivity index (χ0v) is 18.7. The Kier molecular flexibility index (Phi) is 6.88. The molecule has 0 unspecified atom stereocenters. The molecule has 1 amide bonds. The summed E-state index contributed by atoms with van der Waals surface area (Å²) >= 11 is 1.21. The molecule has 6 nitrogen and oxygen atoms in total. The Morgan fingerprint density at radius 3 is 2.18 bits per heavy atom. The molecule has 1 aromatic carbocycles. The van der Waals surface area contributed by atoms with Crippen molar-refractivity contribution in [2.75, 3.05) is 10.0 Å². The van der Waals surface area contributed by atoms with Crippen LogP contribution in [0.4, 0.5) is 10.8 Å². The Morgan fingerprint density at radius 2 is 1.71 bits per heavy atom. The first-order chi connectivity index (χ1) is 13.0. The van der Waals surface area contributed by atoms with Gasteiger partial charge in [-0.15, -0.1) is 11.3 Å². The van der Waals surface area contributed by atoms with Crippen molar-refractivity contribution in [3.05, 3.63) is 35.8 Å². The highest BCUT2D eigenvalue weighted by Crippen LogP contribution is 2.40. The molecule has 0 aliphatic carbocycles. The molecule has 0 aliphatic heterocycles. The number of amides is 1. The minimum absolute atomic E-state index is 0.0241. The minimum Gasteiger partial charge on any atom is -0.326 e. The van der Waals surface area contributed by atoms with Crippen molar-refractivity contribution < 1.29 is 13.2 Å². The summed E-state index contributed by atoms with van der Waals surface area (Å²) in [6.07, 6.45) is 3.81. The molecule has 0 fully saturated rings. The van der Waals surface area contributed by atoms with E-state index in [-0.39, 0.29) is 16.2 Å². The van der Waals surface area contributed by atoms with Crippen LogP contribution in [-0.4, -0.2) is 19.3 Å². The van der Waals surface area contributed by atoms with Gasteiger partial charge in [0, 0.05) is 22.7 Å². The average Bonchev–Trinajstić information content (AvgIpc) is 3.11. The minimum atomic E-state index is -3.71. The summed E-state index contributed by atoms with van der Waals surface area (Å²) < 4.78 is 27.3. The van der Waals surface area contributed by atoms with Crippen LogP contribution >= 0.6 is 11.3 Å². The Labute approximate surface area is 171 Å². The molecular weight excluding hydrogens is 394 g/mol. The van der Waals surface area contributed by atoms with Crippen molar-refractivity contribution in [3.63, 3.8) is 0 Å². The molecule has 0 saturated carbocycles. The van der Waals surface area contributed by atoms with Gasteiger partial charge in [0.05, 0.1) is 4.90 Å². The highest BCUT2D eigenvalue weighted by atomic mass is 32.2. The van der Waals surface area contributed by atoms with Gasteiger partial charge in [-0.1, -0.05) is 34.6 Å². The van der Waals surface area contributed by atoms with Gasteiger partial charge in [0.2, 0.25) is 5.91 Å². The second kappa shape index (κ2) is 8.61. The van der Waals surface area contributed by atoms with Crippen LogP contribution in [0.15, 0.2) is 40.7 Å². The number of anilines is 2. The zero-order valence-electron chi connectivity index (χ0n) is 17.1. The quantitative estimate of drug-likeness (QED) is 0.616. The predicted molar refractivity (Wildman–Crippen MR) is 115 cm³/mol. The Hall–Kier alpha value is -1.93.